The molecule has 1 aromatic carbocycles. The summed E-state index contributed by atoms with van der Waals surface area (Å²) in [5.74, 6) is 0. The average Bonchev–Trinajstić information content (AvgIpc) is 2.13. The summed E-state index contributed by atoms with van der Waals surface area (Å²) in [5, 5.41) is 6.08. The molecule has 1 rings (SSSR count). The van der Waals surface area contributed by atoms with E-state index in [1.54, 1.807) is 18.2 Å². The zero-order valence-electron chi connectivity index (χ0n) is 7.89. The SMILES string of the molecule is NCCNC(=O)Nc1cc(Cl)cc(Cl)c1. The molecule has 4 nitrogen and oxygen atoms in total. The Kier molecular flexibility index (Phi) is 4.68. The number of urea groups is 1. The first kappa shape index (κ1) is 12.1. The van der Waals surface area contributed by atoms with E-state index in [1.807, 2.05) is 0 Å². The van der Waals surface area contributed by atoms with E-state index >= 15 is 0 Å². The van der Waals surface area contributed by atoms with Crippen molar-refractivity contribution in [2.75, 3.05) is 18.4 Å². The normalized spacial score (nSPS) is 9.80. The molecule has 0 bridgehead atoms. The van der Waals surface area contributed by atoms with Gasteiger partial charge >= 0.3 is 6.03 Å². The highest BCUT2D eigenvalue weighted by atomic mass is 35.5. The summed E-state index contributed by atoms with van der Waals surface area (Å²) in [7, 11) is 0. The Labute approximate surface area is 97.7 Å². The molecule has 0 radical (unpaired) electrons. The highest BCUT2D eigenvalue weighted by Gasteiger charge is 2.02. The molecule has 4 N–H and O–H groups in total. The van der Waals surface area contributed by atoms with Gasteiger partial charge in [-0.1, -0.05) is 23.2 Å². The molecule has 0 aliphatic rings. The number of benzene rings is 1. The molecule has 0 heterocycles. The number of anilines is 1. The van der Waals surface area contributed by atoms with Gasteiger partial charge in [0, 0.05) is 28.8 Å². The lowest BCUT2D eigenvalue weighted by atomic mass is 10.3. The second-order valence-corrected chi connectivity index (χ2v) is 3.70. The van der Waals surface area contributed by atoms with E-state index in [4.69, 9.17) is 28.9 Å². The van der Waals surface area contributed by atoms with Crippen molar-refractivity contribution in [3.05, 3.63) is 28.2 Å². The molecule has 0 aromatic heterocycles. The van der Waals surface area contributed by atoms with E-state index in [0.29, 0.717) is 28.8 Å². The molecule has 0 atom stereocenters. The van der Waals surface area contributed by atoms with Crippen molar-refractivity contribution in [3.63, 3.8) is 0 Å². The van der Waals surface area contributed by atoms with Crippen molar-refractivity contribution < 1.29 is 4.79 Å². The number of nitrogens with two attached hydrogens (primary N) is 1. The lowest BCUT2D eigenvalue weighted by Crippen LogP contribution is -2.32. The fraction of sp³-hybridized carbons (Fsp3) is 0.222. The molecule has 0 fully saturated rings. The third-order valence-electron chi connectivity index (χ3n) is 1.55. The van der Waals surface area contributed by atoms with Crippen molar-refractivity contribution in [1.29, 1.82) is 0 Å². The molecule has 82 valence electrons. The van der Waals surface area contributed by atoms with Crippen molar-refractivity contribution >= 4 is 34.9 Å². The molecule has 0 saturated heterocycles. The van der Waals surface area contributed by atoms with Gasteiger partial charge in [-0.15, -0.1) is 0 Å². The van der Waals surface area contributed by atoms with Crippen LogP contribution in [0.15, 0.2) is 18.2 Å². The maximum Gasteiger partial charge on any atom is 0.319 e. The molecule has 1 aromatic rings. The van der Waals surface area contributed by atoms with Gasteiger partial charge in [0.25, 0.3) is 0 Å². The lowest BCUT2D eigenvalue weighted by Gasteiger charge is -2.07. The second kappa shape index (κ2) is 5.80. The number of carbonyl (C=O) groups is 1. The summed E-state index contributed by atoms with van der Waals surface area (Å²) in [4.78, 5) is 11.2. The summed E-state index contributed by atoms with van der Waals surface area (Å²) < 4.78 is 0. The van der Waals surface area contributed by atoms with Crippen LogP contribution in [0.5, 0.6) is 0 Å². The van der Waals surface area contributed by atoms with Crippen LogP contribution < -0.4 is 16.4 Å². The van der Waals surface area contributed by atoms with E-state index < -0.39 is 0 Å². The van der Waals surface area contributed by atoms with E-state index in [2.05, 4.69) is 10.6 Å². The zero-order valence-corrected chi connectivity index (χ0v) is 9.40. The van der Waals surface area contributed by atoms with Crippen LogP contribution in [0, 0.1) is 0 Å². The first-order valence-electron chi connectivity index (χ1n) is 4.33. The van der Waals surface area contributed by atoms with Crippen LogP contribution in [-0.2, 0) is 0 Å². The zero-order chi connectivity index (χ0) is 11.3. The topological polar surface area (TPSA) is 67.1 Å². The molecule has 0 unspecified atom stereocenters. The van der Waals surface area contributed by atoms with E-state index in [-0.39, 0.29) is 6.03 Å². The van der Waals surface area contributed by atoms with Gasteiger partial charge < -0.3 is 16.4 Å². The number of rotatable bonds is 3. The molecule has 0 spiro atoms. The number of carbonyl (C=O) groups excluding carboxylic acids is 1. The monoisotopic (exact) mass is 247 g/mol. The average molecular weight is 248 g/mol. The third kappa shape index (κ3) is 4.38. The van der Waals surface area contributed by atoms with Crippen molar-refractivity contribution in [3.8, 4) is 0 Å². The summed E-state index contributed by atoms with van der Waals surface area (Å²) in [6.07, 6.45) is 0. The Hall–Kier alpha value is -0.970. The predicted octanol–water partition coefficient (Wildman–Crippen LogP) is 2.07. The summed E-state index contributed by atoms with van der Waals surface area (Å²) in [6, 6.07) is 4.47. The third-order valence-corrected chi connectivity index (χ3v) is 1.99. The minimum atomic E-state index is -0.334. The van der Waals surface area contributed by atoms with Gasteiger partial charge in [-0.05, 0) is 18.2 Å². The number of hydrogen-bond donors (Lipinski definition) is 3. The van der Waals surface area contributed by atoms with Crippen LogP contribution in [0.3, 0.4) is 0 Å². The van der Waals surface area contributed by atoms with Crippen LogP contribution in [0.2, 0.25) is 10.0 Å². The van der Waals surface area contributed by atoms with Crippen LogP contribution in [0.4, 0.5) is 10.5 Å². The van der Waals surface area contributed by atoms with Gasteiger partial charge in [0.05, 0.1) is 0 Å². The molecule has 0 saturated carbocycles. The number of amides is 2. The van der Waals surface area contributed by atoms with Crippen molar-refractivity contribution in [1.82, 2.24) is 5.32 Å². The lowest BCUT2D eigenvalue weighted by molar-refractivity contribution is 0.252. The van der Waals surface area contributed by atoms with E-state index in [0.717, 1.165) is 0 Å². The fourth-order valence-electron chi connectivity index (χ4n) is 0.987. The maximum absolute atomic E-state index is 11.2. The Balaban J connectivity index is 2.60. The fourth-order valence-corrected chi connectivity index (χ4v) is 1.51. The van der Waals surface area contributed by atoms with Gasteiger partial charge in [-0.3, -0.25) is 0 Å². The van der Waals surface area contributed by atoms with Gasteiger partial charge in [0.1, 0.15) is 0 Å². The van der Waals surface area contributed by atoms with Gasteiger partial charge in [0.2, 0.25) is 0 Å². The Bertz CT molecular complexity index is 337. The highest BCUT2D eigenvalue weighted by Crippen LogP contribution is 2.22. The standard InChI is InChI=1S/C9H11Cl2N3O/c10-6-3-7(11)5-8(4-6)14-9(15)13-2-1-12/h3-5H,1-2,12H2,(H2,13,14,15). The van der Waals surface area contributed by atoms with E-state index in [9.17, 15) is 4.79 Å². The van der Waals surface area contributed by atoms with E-state index in [1.165, 1.54) is 0 Å². The Morgan fingerprint density at radius 1 is 1.27 bits per heavy atom. The molecular weight excluding hydrogens is 237 g/mol. The second-order valence-electron chi connectivity index (χ2n) is 2.83. The minimum absolute atomic E-state index is 0.334. The van der Waals surface area contributed by atoms with Crippen LogP contribution in [-0.4, -0.2) is 19.1 Å². The molecule has 6 heteroatoms. The Morgan fingerprint density at radius 3 is 2.40 bits per heavy atom. The number of hydrogen-bond acceptors (Lipinski definition) is 2. The summed E-state index contributed by atoms with van der Waals surface area (Å²) in [5.41, 5.74) is 5.78. The number of nitrogens with one attached hydrogen (secondary N) is 2. The largest absolute Gasteiger partial charge is 0.337 e. The molecular formula is C9H11Cl2N3O. The smallest absolute Gasteiger partial charge is 0.319 e. The predicted molar refractivity (Wildman–Crippen MR) is 62.5 cm³/mol. The number of halogens is 2. The quantitative estimate of drug-likeness (QED) is 0.766. The summed E-state index contributed by atoms with van der Waals surface area (Å²) >= 11 is 11.5. The van der Waals surface area contributed by atoms with Gasteiger partial charge in [0.15, 0.2) is 0 Å². The maximum atomic E-state index is 11.2. The molecule has 2 amide bonds. The van der Waals surface area contributed by atoms with Crippen LogP contribution in [0.25, 0.3) is 0 Å². The Morgan fingerprint density at radius 2 is 1.87 bits per heavy atom. The molecule has 0 aliphatic carbocycles. The van der Waals surface area contributed by atoms with Gasteiger partial charge in [-0.25, -0.2) is 4.79 Å². The van der Waals surface area contributed by atoms with Crippen molar-refractivity contribution in [2.45, 2.75) is 0 Å². The first-order chi connectivity index (χ1) is 7.11. The summed E-state index contributed by atoms with van der Waals surface area (Å²) in [6.45, 7) is 0.809. The van der Waals surface area contributed by atoms with Crippen LogP contribution >= 0.6 is 23.2 Å². The van der Waals surface area contributed by atoms with Crippen LogP contribution in [0.1, 0.15) is 0 Å². The molecule has 15 heavy (non-hydrogen) atoms. The minimum Gasteiger partial charge on any atom is -0.337 e. The van der Waals surface area contributed by atoms with Crippen molar-refractivity contribution in [2.24, 2.45) is 5.73 Å². The van der Waals surface area contributed by atoms with Gasteiger partial charge in [-0.2, -0.15) is 0 Å². The highest BCUT2D eigenvalue weighted by molar-refractivity contribution is 6.35. The molecule has 0 aliphatic heterocycles. The first-order valence-corrected chi connectivity index (χ1v) is 5.08.